The van der Waals surface area contributed by atoms with Crippen LogP contribution in [0.1, 0.15) is 47.4 Å². The summed E-state index contributed by atoms with van der Waals surface area (Å²) in [5.41, 5.74) is 9.83. The minimum absolute atomic E-state index is 0.0354. The van der Waals surface area contributed by atoms with Gasteiger partial charge in [0.05, 0.1) is 9.85 Å². The van der Waals surface area contributed by atoms with Gasteiger partial charge in [0.1, 0.15) is 11.4 Å². The molecule has 6 N–H and O–H groups in total. The molecule has 32 heavy (non-hydrogen) atoms. The molecule has 0 aromatic heterocycles. The Hall–Kier alpha value is -4.22. The molecule has 0 aliphatic rings. The molecule has 0 heterocycles. The average Bonchev–Trinajstić information content (AvgIpc) is 2.70. The van der Waals surface area contributed by atoms with E-state index >= 15 is 0 Å². The van der Waals surface area contributed by atoms with Gasteiger partial charge < -0.3 is 22.1 Å². The van der Waals surface area contributed by atoms with Crippen molar-refractivity contribution >= 4 is 34.6 Å². The first-order valence-electron chi connectivity index (χ1n) is 9.60. The molecule has 12 heteroatoms. The smallest absolute Gasteiger partial charge is 0.293 e. The average molecular weight is 444 g/mol. The maximum atomic E-state index is 11.4. The quantitative estimate of drug-likeness (QED) is 0.230. The zero-order valence-corrected chi connectivity index (χ0v) is 17.6. The lowest BCUT2D eigenvalue weighted by Crippen LogP contribution is -2.31. The summed E-state index contributed by atoms with van der Waals surface area (Å²) < 4.78 is 0. The van der Waals surface area contributed by atoms with Crippen LogP contribution in [-0.2, 0) is 0 Å². The highest BCUT2D eigenvalue weighted by molar-refractivity contribution is 5.95. The molecule has 0 saturated heterocycles. The van der Waals surface area contributed by atoms with Crippen molar-refractivity contribution in [1.82, 2.24) is 0 Å². The zero-order chi connectivity index (χ0) is 24.1. The molecule has 0 saturated carbocycles. The Morgan fingerprint density at radius 1 is 0.906 bits per heavy atom. The van der Waals surface area contributed by atoms with Gasteiger partial charge in [-0.05, 0) is 51.0 Å². The second kappa shape index (κ2) is 9.73. The lowest BCUT2D eigenvalue weighted by molar-refractivity contribution is -0.384. The largest absolute Gasteiger partial charge is 0.379 e. The van der Waals surface area contributed by atoms with E-state index in [4.69, 9.17) is 11.5 Å². The van der Waals surface area contributed by atoms with Gasteiger partial charge in [-0.15, -0.1) is 0 Å². The van der Waals surface area contributed by atoms with Gasteiger partial charge >= 0.3 is 0 Å². The Kier molecular flexibility index (Phi) is 7.31. The van der Waals surface area contributed by atoms with Gasteiger partial charge in [-0.1, -0.05) is 0 Å². The topological polar surface area (TPSA) is 197 Å². The summed E-state index contributed by atoms with van der Waals surface area (Å²) in [7, 11) is 0. The van der Waals surface area contributed by atoms with Gasteiger partial charge in [-0.2, -0.15) is 0 Å². The summed E-state index contributed by atoms with van der Waals surface area (Å²) in [5, 5.41) is 28.7. The van der Waals surface area contributed by atoms with Gasteiger partial charge in [0.2, 0.25) is 11.8 Å². The molecule has 2 aromatic carbocycles. The van der Waals surface area contributed by atoms with E-state index in [1.54, 1.807) is 0 Å². The highest BCUT2D eigenvalue weighted by atomic mass is 16.6. The van der Waals surface area contributed by atoms with Crippen molar-refractivity contribution in [2.45, 2.75) is 32.2 Å². The van der Waals surface area contributed by atoms with Crippen molar-refractivity contribution in [3.8, 4) is 0 Å². The van der Waals surface area contributed by atoms with Crippen LogP contribution in [0.25, 0.3) is 0 Å². The maximum Gasteiger partial charge on any atom is 0.293 e. The molecule has 2 amide bonds. The van der Waals surface area contributed by atoms with Gasteiger partial charge in [-0.25, -0.2) is 0 Å². The first-order valence-corrected chi connectivity index (χ1v) is 9.60. The highest BCUT2D eigenvalue weighted by Gasteiger charge is 2.24. The molecule has 0 bridgehead atoms. The summed E-state index contributed by atoms with van der Waals surface area (Å²) >= 11 is 0. The summed E-state index contributed by atoms with van der Waals surface area (Å²) in [6, 6.07) is 7.90. The number of rotatable bonds is 11. The Bertz CT molecular complexity index is 1070. The summed E-state index contributed by atoms with van der Waals surface area (Å²) in [6.45, 7) is 4.08. The summed E-state index contributed by atoms with van der Waals surface area (Å²) in [5.74, 6) is -1.52. The van der Waals surface area contributed by atoms with Gasteiger partial charge in [0.25, 0.3) is 11.4 Å². The third-order valence-corrected chi connectivity index (χ3v) is 4.72. The van der Waals surface area contributed by atoms with Crippen LogP contribution >= 0.6 is 0 Å². The van der Waals surface area contributed by atoms with E-state index < -0.39 is 27.2 Å². The van der Waals surface area contributed by atoms with Crippen LogP contribution in [0.15, 0.2) is 36.4 Å². The van der Waals surface area contributed by atoms with Crippen LogP contribution < -0.4 is 22.1 Å². The summed E-state index contributed by atoms with van der Waals surface area (Å²) in [6.07, 6.45) is 1.13. The fraction of sp³-hybridized carbons (Fsp3) is 0.300. The molecule has 0 aliphatic carbocycles. The zero-order valence-electron chi connectivity index (χ0n) is 17.6. The molecular weight excluding hydrogens is 420 g/mol. The number of hydrogen-bond acceptors (Lipinski definition) is 8. The van der Waals surface area contributed by atoms with Crippen LogP contribution in [-0.4, -0.2) is 33.7 Å². The minimum atomic E-state index is -0.761. The van der Waals surface area contributed by atoms with E-state index in [0.29, 0.717) is 19.4 Å². The Morgan fingerprint density at radius 2 is 1.38 bits per heavy atom. The van der Waals surface area contributed by atoms with Crippen LogP contribution in [0.3, 0.4) is 0 Å². The maximum absolute atomic E-state index is 11.4. The van der Waals surface area contributed by atoms with Crippen LogP contribution in [0, 0.1) is 20.2 Å². The molecule has 0 aliphatic heterocycles. The number of primary amides is 2. The number of hydrogen-bond donors (Lipinski definition) is 4. The molecular formula is C20H24N6O6. The second-order valence-corrected chi connectivity index (χ2v) is 7.75. The lowest BCUT2D eigenvalue weighted by atomic mass is 9.97. The predicted molar refractivity (Wildman–Crippen MR) is 119 cm³/mol. The summed E-state index contributed by atoms with van der Waals surface area (Å²) in [4.78, 5) is 44.0. The van der Waals surface area contributed by atoms with E-state index in [1.807, 2.05) is 13.8 Å². The standard InChI is InChI=1S/C20H24N6O6/c1-20(2,24-15-7-5-13(19(22)28)11-17(15)26(31)32)8-3-9-23-14-6-4-12(18(21)27)10-16(14)25(29)30/h4-7,10-11,23-24H,3,8-9H2,1-2H3,(H2,21,27)(H2,22,28). The van der Waals surface area contributed by atoms with Crippen molar-refractivity contribution in [3.63, 3.8) is 0 Å². The number of carbonyl (C=O) groups is 2. The minimum Gasteiger partial charge on any atom is -0.379 e. The molecule has 2 rings (SSSR count). The van der Waals surface area contributed by atoms with E-state index in [9.17, 15) is 29.8 Å². The third-order valence-electron chi connectivity index (χ3n) is 4.72. The third kappa shape index (κ3) is 6.14. The number of nitro benzene ring substituents is 2. The Balaban J connectivity index is 2.03. The molecule has 0 unspecified atom stereocenters. The fourth-order valence-corrected chi connectivity index (χ4v) is 3.11. The Labute approximate surface area is 183 Å². The van der Waals surface area contributed by atoms with Crippen LogP contribution in [0.2, 0.25) is 0 Å². The van der Waals surface area contributed by atoms with E-state index in [-0.39, 0.29) is 33.9 Å². The number of anilines is 2. The predicted octanol–water partition coefficient (Wildman–Crippen LogP) is 2.78. The Morgan fingerprint density at radius 3 is 1.84 bits per heavy atom. The monoisotopic (exact) mass is 444 g/mol. The normalized spacial score (nSPS) is 10.9. The van der Waals surface area contributed by atoms with Crippen molar-refractivity contribution in [2.75, 3.05) is 17.2 Å². The molecule has 0 fully saturated rings. The molecule has 0 spiro atoms. The fourth-order valence-electron chi connectivity index (χ4n) is 3.11. The van der Waals surface area contributed by atoms with E-state index in [1.165, 1.54) is 24.3 Å². The van der Waals surface area contributed by atoms with Crippen LogP contribution in [0.4, 0.5) is 22.7 Å². The first kappa shape index (κ1) is 24.1. The van der Waals surface area contributed by atoms with Crippen LogP contribution in [0.5, 0.6) is 0 Å². The SMILES string of the molecule is CC(C)(CCCNc1ccc(C(N)=O)cc1[N+](=O)[O-])Nc1ccc(C(N)=O)cc1[N+](=O)[O-]. The molecule has 2 aromatic rings. The number of nitrogens with one attached hydrogen (secondary N) is 2. The van der Waals surface area contributed by atoms with Gasteiger partial charge in [0, 0.05) is 35.3 Å². The molecule has 0 atom stereocenters. The van der Waals surface area contributed by atoms with Gasteiger partial charge in [-0.3, -0.25) is 29.8 Å². The number of nitrogens with two attached hydrogens (primary N) is 2. The van der Waals surface area contributed by atoms with E-state index in [2.05, 4.69) is 10.6 Å². The molecule has 0 radical (unpaired) electrons. The molecule has 170 valence electrons. The number of nitro groups is 2. The van der Waals surface area contributed by atoms with Crippen molar-refractivity contribution in [3.05, 3.63) is 67.8 Å². The first-order chi connectivity index (χ1) is 14.9. The number of benzene rings is 2. The van der Waals surface area contributed by atoms with Crippen molar-refractivity contribution in [2.24, 2.45) is 11.5 Å². The van der Waals surface area contributed by atoms with Crippen molar-refractivity contribution < 1.29 is 19.4 Å². The van der Waals surface area contributed by atoms with Gasteiger partial charge in [0.15, 0.2) is 0 Å². The number of nitrogens with zero attached hydrogens (tertiary/aromatic N) is 2. The highest BCUT2D eigenvalue weighted by Crippen LogP contribution is 2.30. The van der Waals surface area contributed by atoms with Crippen molar-refractivity contribution in [1.29, 1.82) is 0 Å². The lowest BCUT2D eigenvalue weighted by Gasteiger charge is -2.27. The number of amides is 2. The molecule has 12 nitrogen and oxygen atoms in total. The number of carbonyl (C=O) groups excluding carboxylic acids is 2. The second-order valence-electron chi connectivity index (χ2n) is 7.75. The van der Waals surface area contributed by atoms with E-state index in [0.717, 1.165) is 12.1 Å².